The minimum Gasteiger partial charge on any atom is -0.322 e. The summed E-state index contributed by atoms with van der Waals surface area (Å²) in [5.41, 5.74) is 2.30. The van der Waals surface area contributed by atoms with Crippen molar-refractivity contribution in [3.8, 4) is 0 Å². The average molecular weight is 379 g/mol. The van der Waals surface area contributed by atoms with Crippen LogP contribution in [-0.4, -0.2) is 18.9 Å². The van der Waals surface area contributed by atoms with Gasteiger partial charge in [0.2, 0.25) is 5.91 Å². The molecule has 6 heteroatoms. The first kappa shape index (κ1) is 14.1. The van der Waals surface area contributed by atoms with E-state index in [-0.39, 0.29) is 9.14 Å². The van der Waals surface area contributed by atoms with Crippen LogP contribution in [0.3, 0.4) is 0 Å². The summed E-state index contributed by atoms with van der Waals surface area (Å²) in [5, 5.41) is 7.41. The second-order valence-corrected chi connectivity index (χ2v) is 8.80. The second kappa shape index (κ2) is 4.34. The van der Waals surface area contributed by atoms with Gasteiger partial charge in [-0.3, -0.25) is 9.48 Å². The Morgan fingerprint density at radius 3 is 2.44 bits per heavy atom. The quantitative estimate of drug-likeness (QED) is 0.819. The Morgan fingerprint density at radius 1 is 1.50 bits per heavy atom. The predicted molar refractivity (Wildman–Crippen MR) is 79.3 cm³/mol. The Morgan fingerprint density at radius 2 is 2.06 bits per heavy atom. The Bertz CT molecular complexity index is 510. The molecule has 1 amide bonds. The third-order valence-electron chi connectivity index (χ3n) is 3.68. The van der Waals surface area contributed by atoms with E-state index in [0.717, 1.165) is 30.0 Å². The molecule has 18 heavy (non-hydrogen) atoms. The molecule has 0 radical (unpaired) electrons. The number of nitrogens with one attached hydrogen (secondary N) is 1. The third-order valence-corrected chi connectivity index (χ3v) is 5.99. The number of rotatable bonds is 3. The molecule has 1 aliphatic carbocycles. The van der Waals surface area contributed by atoms with E-state index in [4.69, 9.17) is 0 Å². The maximum Gasteiger partial charge on any atom is 0.232 e. The Hall–Kier alpha value is -0.360. The van der Waals surface area contributed by atoms with E-state index in [1.165, 1.54) is 0 Å². The fraction of sp³-hybridized carbons (Fsp3) is 0.667. The molecular formula is C12H17Br2N3O. The summed E-state index contributed by atoms with van der Waals surface area (Å²) in [6, 6.07) is 0. The zero-order chi connectivity index (χ0) is 13.7. The molecule has 1 saturated carbocycles. The fourth-order valence-electron chi connectivity index (χ4n) is 2.08. The standard InChI is InChI=1S/C12H17Br2N3O/c1-5-17-8(3)9(7(2)16-17)15-10(18)11(4)6-12(11,13)14/h5-6H2,1-4H3,(H,15,18)/t11-/m1/s1. The Kier molecular flexibility index (Phi) is 3.39. The molecule has 0 unspecified atom stereocenters. The predicted octanol–water partition coefficient (Wildman–Crippen LogP) is 3.35. The first-order valence-corrected chi connectivity index (χ1v) is 7.55. The fourth-order valence-corrected chi connectivity index (χ4v) is 3.56. The molecule has 4 nitrogen and oxygen atoms in total. The molecule has 0 aromatic carbocycles. The molecule has 1 aromatic rings. The van der Waals surface area contributed by atoms with Crippen molar-refractivity contribution >= 4 is 43.5 Å². The van der Waals surface area contributed by atoms with E-state index in [1.54, 1.807) is 0 Å². The van der Waals surface area contributed by atoms with Gasteiger partial charge in [0.1, 0.15) is 0 Å². The Labute approximate surface area is 124 Å². The topological polar surface area (TPSA) is 46.9 Å². The summed E-state index contributed by atoms with van der Waals surface area (Å²) in [4.78, 5) is 12.3. The zero-order valence-electron chi connectivity index (χ0n) is 11.0. The number of carbonyl (C=O) groups is 1. The lowest BCUT2D eigenvalue weighted by molar-refractivity contribution is -0.120. The SMILES string of the molecule is CCn1nc(C)c(NC(=O)[C@@]2(C)CC2(Br)Br)c1C. The number of carbonyl (C=O) groups excluding carboxylic acids is 1. The summed E-state index contributed by atoms with van der Waals surface area (Å²) in [6.45, 7) is 8.68. The van der Waals surface area contributed by atoms with E-state index >= 15 is 0 Å². The highest BCUT2D eigenvalue weighted by molar-refractivity contribution is 9.25. The third kappa shape index (κ3) is 2.03. The molecule has 1 fully saturated rings. The molecular weight excluding hydrogens is 362 g/mol. The lowest BCUT2D eigenvalue weighted by atomic mass is 10.1. The van der Waals surface area contributed by atoms with Gasteiger partial charge in [-0.2, -0.15) is 5.10 Å². The lowest BCUT2D eigenvalue weighted by Gasteiger charge is -2.13. The first-order chi connectivity index (χ1) is 8.23. The van der Waals surface area contributed by atoms with Crippen molar-refractivity contribution in [3.63, 3.8) is 0 Å². The molecule has 0 saturated heterocycles. The number of hydrogen-bond donors (Lipinski definition) is 1. The van der Waals surface area contributed by atoms with E-state index < -0.39 is 5.41 Å². The number of alkyl halides is 2. The molecule has 1 atom stereocenters. The van der Waals surface area contributed by atoms with Crippen molar-refractivity contribution < 1.29 is 4.79 Å². The van der Waals surface area contributed by atoms with Gasteiger partial charge < -0.3 is 5.32 Å². The molecule has 1 N–H and O–H groups in total. The lowest BCUT2D eigenvalue weighted by Crippen LogP contribution is -2.26. The van der Waals surface area contributed by atoms with Crippen molar-refractivity contribution in [1.82, 2.24) is 9.78 Å². The van der Waals surface area contributed by atoms with Crippen LogP contribution in [0.5, 0.6) is 0 Å². The highest BCUT2D eigenvalue weighted by Crippen LogP contribution is 2.66. The smallest absolute Gasteiger partial charge is 0.232 e. The summed E-state index contributed by atoms with van der Waals surface area (Å²) in [5.74, 6) is 0.0260. The molecule has 1 aliphatic rings. The molecule has 100 valence electrons. The van der Waals surface area contributed by atoms with Gasteiger partial charge in [0.25, 0.3) is 0 Å². The monoisotopic (exact) mass is 377 g/mol. The van der Waals surface area contributed by atoms with Gasteiger partial charge in [-0.1, -0.05) is 31.9 Å². The van der Waals surface area contributed by atoms with Gasteiger partial charge in [0.15, 0.2) is 0 Å². The highest BCUT2D eigenvalue weighted by atomic mass is 79.9. The van der Waals surface area contributed by atoms with Crippen molar-refractivity contribution in [3.05, 3.63) is 11.4 Å². The Balaban J connectivity index is 2.21. The average Bonchev–Trinajstić information content (AvgIpc) is 2.69. The summed E-state index contributed by atoms with van der Waals surface area (Å²) >= 11 is 7.03. The largest absolute Gasteiger partial charge is 0.322 e. The van der Waals surface area contributed by atoms with Crippen LogP contribution in [0.1, 0.15) is 31.7 Å². The number of hydrogen-bond acceptors (Lipinski definition) is 2. The van der Waals surface area contributed by atoms with Gasteiger partial charge in [0.05, 0.1) is 25.7 Å². The van der Waals surface area contributed by atoms with Crippen molar-refractivity contribution in [2.45, 2.75) is 43.9 Å². The van der Waals surface area contributed by atoms with Gasteiger partial charge in [-0.05, 0) is 34.1 Å². The van der Waals surface area contributed by atoms with Crippen LogP contribution in [0.4, 0.5) is 5.69 Å². The van der Waals surface area contributed by atoms with Crippen LogP contribution >= 0.6 is 31.9 Å². The minimum atomic E-state index is -0.403. The van der Waals surface area contributed by atoms with Gasteiger partial charge in [-0.15, -0.1) is 0 Å². The van der Waals surface area contributed by atoms with Gasteiger partial charge in [-0.25, -0.2) is 0 Å². The summed E-state index contributed by atoms with van der Waals surface area (Å²) in [7, 11) is 0. The van der Waals surface area contributed by atoms with Crippen LogP contribution in [0.25, 0.3) is 0 Å². The van der Waals surface area contributed by atoms with Crippen LogP contribution in [0, 0.1) is 19.3 Å². The maximum absolute atomic E-state index is 12.3. The second-order valence-electron chi connectivity index (χ2n) is 5.03. The number of nitrogens with zero attached hydrogens (tertiary/aromatic N) is 2. The summed E-state index contributed by atoms with van der Waals surface area (Å²) < 4.78 is 1.63. The van der Waals surface area contributed by atoms with Gasteiger partial charge >= 0.3 is 0 Å². The molecule has 2 rings (SSSR count). The molecule has 1 aromatic heterocycles. The number of aryl methyl sites for hydroxylation is 2. The normalized spacial score (nSPS) is 25.0. The minimum absolute atomic E-state index is 0.0260. The molecule has 0 spiro atoms. The number of aromatic nitrogens is 2. The van der Waals surface area contributed by atoms with E-state index in [2.05, 4.69) is 42.3 Å². The first-order valence-electron chi connectivity index (χ1n) is 5.96. The van der Waals surface area contributed by atoms with Crippen molar-refractivity contribution in [2.75, 3.05) is 5.32 Å². The highest BCUT2D eigenvalue weighted by Gasteiger charge is 2.66. The zero-order valence-corrected chi connectivity index (χ0v) is 14.1. The number of halogens is 2. The van der Waals surface area contributed by atoms with E-state index in [1.807, 2.05) is 32.4 Å². The number of anilines is 1. The van der Waals surface area contributed by atoms with Crippen LogP contribution in [0.2, 0.25) is 0 Å². The van der Waals surface area contributed by atoms with Crippen LogP contribution in [-0.2, 0) is 11.3 Å². The van der Waals surface area contributed by atoms with Crippen molar-refractivity contribution in [1.29, 1.82) is 0 Å². The number of amides is 1. The van der Waals surface area contributed by atoms with Crippen LogP contribution < -0.4 is 5.32 Å². The maximum atomic E-state index is 12.3. The summed E-state index contributed by atoms with van der Waals surface area (Å²) in [6.07, 6.45) is 0.784. The molecule has 1 heterocycles. The van der Waals surface area contributed by atoms with Crippen LogP contribution in [0.15, 0.2) is 0 Å². The van der Waals surface area contributed by atoms with E-state index in [0.29, 0.717) is 0 Å². The molecule has 0 aliphatic heterocycles. The van der Waals surface area contributed by atoms with Crippen molar-refractivity contribution in [2.24, 2.45) is 5.41 Å². The molecule has 0 bridgehead atoms. The van der Waals surface area contributed by atoms with Gasteiger partial charge in [0, 0.05) is 6.54 Å². The van der Waals surface area contributed by atoms with E-state index in [9.17, 15) is 4.79 Å².